The van der Waals surface area contributed by atoms with E-state index < -0.39 is 0 Å². The Kier molecular flexibility index (Phi) is 5.44. The fourth-order valence-corrected chi connectivity index (χ4v) is 2.37. The average Bonchev–Trinajstić information content (AvgIpc) is 2.65. The van der Waals surface area contributed by atoms with Gasteiger partial charge in [0.25, 0.3) is 0 Å². The van der Waals surface area contributed by atoms with E-state index in [1.165, 1.54) is 0 Å². The normalized spacial score (nSPS) is 16.5. The molecule has 1 amide bonds. The molecule has 0 saturated carbocycles. The zero-order valence-electron chi connectivity index (χ0n) is 13.0. The molecule has 5 heteroatoms. The van der Waals surface area contributed by atoms with E-state index >= 15 is 0 Å². The predicted octanol–water partition coefficient (Wildman–Crippen LogP) is 1.80. The summed E-state index contributed by atoms with van der Waals surface area (Å²) in [6.07, 6.45) is 0.666. The summed E-state index contributed by atoms with van der Waals surface area (Å²) >= 11 is 0. The molecule has 0 aromatic heterocycles. The molecule has 1 heterocycles. The number of nitrogens with one attached hydrogen (secondary N) is 1. The largest absolute Gasteiger partial charge is 0.497 e. The van der Waals surface area contributed by atoms with Crippen molar-refractivity contribution < 1.29 is 14.3 Å². The van der Waals surface area contributed by atoms with E-state index in [1.54, 1.807) is 7.11 Å². The first kappa shape index (κ1) is 15.6. The highest BCUT2D eigenvalue weighted by Gasteiger charge is 2.16. The molecule has 0 bridgehead atoms. The molecule has 5 nitrogen and oxygen atoms in total. The lowest BCUT2D eigenvalue weighted by atomic mass is 10.1. The molecule has 2 rings (SSSR count). The van der Waals surface area contributed by atoms with Gasteiger partial charge in [0.1, 0.15) is 11.5 Å². The molecule has 1 aromatic rings. The number of carbonyl (C=O) groups excluding carboxylic acids is 1. The van der Waals surface area contributed by atoms with Gasteiger partial charge in [0.05, 0.1) is 13.2 Å². The Labute approximate surface area is 126 Å². The van der Waals surface area contributed by atoms with Crippen LogP contribution < -0.4 is 14.8 Å². The second-order valence-corrected chi connectivity index (χ2v) is 5.52. The third-order valence-electron chi connectivity index (χ3n) is 3.44. The van der Waals surface area contributed by atoms with Crippen LogP contribution in [0.1, 0.15) is 25.8 Å². The minimum Gasteiger partial charge on any atom is -0.497 e. The van der Waals surface area contributed by atoms with Crippen LogP contribution in [0, 0.1) is 0 Å². The van der Waals surface area contributed by atoms with Crippen molar-refractivity contribution in [2.75, 3.05) is 26.7 Å². The molecule has 1 aliphatic rings. The van der Waals surface area contributed by atoms with Crippen molar-refractivity contribution in [3.63, 3.8) is 0 Å². The quantitative estimate of drug-likeness (QED) is 0.899. The third kappa shape index (κ3) is 4.63. The Morgan fingerprint density at radius 3 is 2.86 bits per heavy atom. The van der Waals surface area contributed by atoms with E-state index in [0.717, 1.165) is 36.7 Å². The molecule has 0 unspecified atom stereocenters. The Bertz CT molecular complexity index is 488. The molecule has 1 N–H and O–H groups in total. The van der Waals surface area contributed by atoms with Gasteiger partial charge in [0.2, 0.25) is 5.91 Å². The first-order valence-electron chi connectivity index (χ1n) is 7.41. The van der Waals surface area contributed by atoms with Gasteiger partial charge in [-0.15, -0.1) is 0 Å². The van der Waals surface area contributed by atoms with Crippen LogP contribution in [0.25, 0.3) is 0 Å². The number of hydrogen-bond donors (Lipinski definition) is 1. The van der Waals surface area contributed by atoms with Gasteiger partial charge >= 0.3 is 0 Å². The minimum atomic E-state index is 0.114. The fourth-order valence-electron chi connectivity index (χ4n) is 2.37. The fraction of sp³-hybridized carbons (Fsp3) is 0.562. The highest BCUT2D eigenvalue weighted by atomic mass is 16.5. The number of rotatable bonds is 5. The molecule has 1 aliphatic heterocycles. The standard InChI is InChI=1S/C16H24N2O3/c1-12(2)21-15-10-14(20-3)5-4-13(15)11-18-8-6-16(19)17-7-9-18/h4-5,10,12H,6-9,11H2,1-3H3,(H,17,19). The van der Waals surface area contributed by atoms with E-state index in [0.29, 0.717) is 13.0 Å². The highest BCUT2D eigenvalue weighted by Crippen LogP contribution is 2.27. The smallest absolute Gasteiger partial charge is 0.221 e. The number of nitrogens with zero attached hydrogens (tertiary/aromatic N) is 1. The zero-order valence-corrected chi connectivity index (χ0v) is 13.0. The van der Waals surface area contributed by atoms with Gasteiger partial charge < -0.3 is 14.8 Å². The summed E-state index contributed by atoms with van der Waals surface area (Å²) in [7, 11) is 1.65. The topological polar surface area (TPSA) is 50.8 Å². The van der Waals surface area contributed by atoms with Crippen LogP contribution >= 0.6 is 0 Å². The lowest BCUT2D eigenvalue weighted by molar-refractivity contribution is -0.120. The summed E-state index contributed by atoms with van der Waals surface area (Å²) in [6.45, 7) is 7.14. The van der Waals surface area contributed by atoms with E-state index in [9.17, 15) is 4.79 Å². The van der Waals surface area contributed by atoms with E-state index in [2.05, 4.69) is 10.2 Å². The molecule has 1 saturated heterocycles. The van der Waals surface area contributed by atoms with Crippen LogP contribution in [0.4, 0.5) is 0 Å². The highest BCUT2D eigenvalue weighted by molar-refractivity contribution is 5.76. The second kappa shape index (κ2) is 7.31. The Balaban J connectivity index is 2.12. The Morgan fingerprint density at radius 2 is 2.14 bits per heavy atom. The van der Waals surface area contributed by atoms with Gasteiger partial charge in [-0.1, -0.05) is 6.07 Å². The summed E-state index contributed by atoms with van der Waals surface area (Å²) in [6, 6.07) is 5.91. The molecule has 0 aliphatic carbocycles. The van der Waals surface area contributed by atoms with E-state index in [-0.39, 0.29) is 12.0 Å². The summed E-state index contributed by atoms with van der Waals surface area (Å²) in [5, 5.41) is 2.89. The predicted molar refractivity (Wildman–Crippen MR) is 81.7 cm³/mol. The zero-order chi connectivity index (χ0) is 15.2. The molecule has 1 aromatic carbocycles. The van der Waals surface area contributed by atoms with Gasteiger partial charge in [0, 0.05) is 44.2 Å². The number of amides is 1. The summed E-state index contributed by atoms with van der Waals surface area (Å²) in [5.41, 5.74) is 1.12. The van der Waals surface area contributed by atoms with Crippen molar-refractivity contribution in [1.29, 1.82) is 0 Å². The van der Waals surface area contributed by atoms with Gasteiger partial charge in [-0.05, 0) is 19.9 Å². The molecule has 0 atom stereocenters. The van der Waals surface area contributed by atoms with Crippen molar-refractivity contribution in [2.24, 2.45) is 0 Å². The summed E-state index contributed by atoms with van der Waals surface area (Å²) in [4.78, 5) is 13.7. The minimum absolute atomic E-state index is 0.114. The molecule has 0 radical (unpaired) electrons. The monoisotopic (exact) mass is 292 g/mol. The van der Waals surface area contributed by atoms with Crippen LogP contribution in [-0.2, 0) is 11.3 Å². The van der Waals surface area contributed by atoms with Crippen molar-refractivity contribution in [3.05, 3.63) is 23.8 Å². The van der Waals surface area contributed by atoms with E-state index in [4.69, 9.17) is 9.47 Å². The maximum absolute atomic E-state index is 11.4. The van der Waals surface area contributed by atoms with Crippen LogP contribution in [0.3, 0.4) is 0 Å². The lowest BCUT2D eigenvalue weighted by Crippen LogP contribution is -2.28. The lowest BCUT2D eigenvalue weighted by Gasteiger charge is -2.22. The first-order valence-corrected chi connectivity index (χ1v) is 7.41. The van der Waals surface area contributed by atoms with Crippen molar-refractivity contribution >= 4 is 5.91 Å². The number of methoxy groups -OCH3 is 1. The summed E-state index contributed by atoms with van der Waals surface area (Å²) in [5.74, 6) is 1.78. The number of carbonyl (C=O) groups is 1. The summed E-state index contributed by atoms with van der Waals surface area (Å²) < 4.78 is 11.2. The molecular weight excluding hydrogens is 268 g/mol. The number of hydrogen-bond acceptors (Lipinski definition) is 4. The number of ether oxygens (including phenoxy) is 2. The van der Waals surface area contributed by atoms with Gasteiger partial charge in [-0.25, -0.2) is 0 Å². The average molecular weight is 292 g/mol. The molecule has 116 valence electrons. The molecular formula is C16H24N2O3. The van der Waals surface area contributed by atoms with Crippen molar-refractivity contribution in [2.45, 2.75) is 32.9 Å². The molecule has 21 heavy (non-hydrogen) atoms. The number of benzene rings is 1. The Hall–Kier alpha value is -1.75. The Morgan fingerprint density at radius 1 is 1.33 bits per heavy atom. The van der Waals surface area contributed by atoms with Crippen molar-refractivity contribution in [1.82, 2.24) is 10.2 Å². The van der Waals surface area contributed by atoms with Crippen LogP contribution in [0.2, 0.25) is 0 Å². The van der Waals surface area contributed by atoms with E-state index in [1.807, 2.05) is 32.0 Å². The third-order valence-corrected chi connectivity index (χ3v) is 3.44. The van der Waals surface area contributed by atoms with Gasteiger partial charge in [-0.3, -0.25) is 9.69 Å². The van der Waals surface area contributed by atoms with Crippen LogP contribution in [-0.4, -0.2) is 43.7 Å². The second-order valence-electron chi connectivity index (χ2n) is 5.52. The molecule has 1 fully saturated rings. The maximum Gasteiger partial charge on any atom is 0.221 e. The first-order chi connectivity index (χ1) is 10.1. The van der Waals surface area contributed by atoms with Crippen molar-refractivity contribution in [3.8, 4) is 11.5 Å². The van der Waals surface area contributed by atoms with Crippen LogP contribution in [0.5, 0.6) is 11.5 Å². The molecule has 0 spiro atoms. The van der Waals surface area contributed by atoms with Crippen LogP contribution in [0.15, 0.2) is 18.2 Å². The van der Waals surface area contributed by atoms with Gasteiger partial charge in [0.15, 0.2) is 0 Å². The SMILES string of the molecule is COc1ccc(CN2CCNC(=O)CC2)c(OC(C)C)c1. The van der Waals surface area contributed by atoms with Gasteiger partial charge in [-0.2, -0.15) is 0 Å². The maximum atomic E-state index is 11.4.